The van der Waals surface area contributed by atoms with E-state index in [2.05, 4.69) is 10.3 Å². The van der Waals surface area contributed by atoms with Crippen molar-refractivity contribution in [3.8, 4) is 11.3 Å². The van der Waals surface area contributed by atoms with Gasteiger partial charge in [0.1, 0.15) is 0 Å². The van der Waals surface area contributed by atoms with Crippen LogP contribution < -0.4 is 11.1 Å². The lowest BCUT2D eigenvalue weighted by molar-refractivity contribution is -0.124. The van der Waals surface area contributed by atoms with E-state index < -0.39 is 18.0 Å². The number of aromatic nitrogens is 1. The number of nitrogens with one attached hydrogen (secondary N) is 1. The smallest absolute Gasteiger partial charge is 0.338 e. The van der Waals surface area contributed by atoms with Crippen LogP contribution in [0.2, 0.25) is 5.02 Å². The van der Waals surface area contributed by atoms with Gasteiger partial charge in [0, 0.05) is 21.7 Å². The van der Waals surface area contributed by atoms with E-state index in [-0.39, 0.29) is 0 Å². The van der Waals surface area contributed by atoms with Crippen molar-refractivity contribution in [2.75, 3.05) is 11.1 Å². The molecular weight excluding hydrogens is 398 g/mol. The molecule has 0 bridgehead atoms. The van der Waals surface area contributed by atoms with Crippen LogP contribution in [0.4, 0.5) is 10.8 Å². The number of esters is 1. The molecule has 3 rings (SSSR count). The van der Waals surface area contributed by atoms with Gasteiger partial charge in [-0.1, -0.05) is 30.7 Å². The average molecular weight is 416 g/mol. The number of nitrogens with two attached hydrogens (primary N) is 1. The quantitative estimate of drug-likeness (QED) is 0.452. The van der Waals surface area contributed by atoms with Crippen molar-refractivity contribution < 1.29 is 14.3 Å². The minimum atomic E-state index is -0.923. The summed E-state index contributed by atoms with van der Waals surface area (Å²) in [4.78, 5) is 29.1. The number of nitrogens with zero attached hydrogens (tertiary/aromatic N) is 1. The topological polar surface area (TPSA) is 94.3 Å². The summed E-state index contributed by atoms with van der Waals surface area (Å²) in [6.07, 6.45) is -0.588. The number of nitrogen functional groups attached to an aromatic ring is 1. The maximum absolute atomic E-state index is 12.5. The Bertz CT molecular complexity index is 971. The second-order valence-corrected chi connectivity index (χ2v) is 7.25. The van der Waals surface area contributed by atoms with E-state index in [1.165, 1.54) is 11.3 Å². The molecule has 1 aromatic heterocycles. The number of carbonyl (C=O) groups is 2. The molecule has 1 heterocycles. The van der Waals surface area contributed by atoms with Gasteiger partial charge < -0.3 is 10.5 Å². The van der Waals surface area contributed by atoms with Gasteiger partial charge in [0.25, 0.3) is 5.91 Å². The lowest BCUT2D eigenvalue weighted by Gasteiger charge is -2.15. The summed E-state index contributed by atoms with van der Waals surface area (Å²) in [5.74, 6) is -1.01. The predicted octanol–water partition coefficient (Wildman–Crippen LogP) is 4.62. The monoisotopic (exact) mass is 415 g/mol. The van der Waals surface area contributed by atoms with Crippen LogP contribution in [-0.4, -0.2) is 23.0 Å². The summed E-state index contributed by atoms with van der Waals surface area (Å²) in [7, 11) is 0. The molecule has 0 aliphatic rings. The fraction of sp³-hybridized carbons (Fsp3) is 0.150. The lowest BCUT2D eigenvalue weighted by atomic mass is 10.2. The first-order valence-corrected chi connectivity index (χ1v) is 9.81. The maximum Gasteiger partial charge on any atom is 0.338 e. The van der Waals surface area contributed by atoms with Gasteiger partial charge in [-0.05, 0) is 42.8 Å². The molecule has 2 aromatic carbocycles. The van der Waals surface area contributed by atoms with Gasteiger partial charge in [-0.25, -0.2) is 9.78 Å². The van der Waals surface area contributed by atoms with E-state index in [9.17, 15) is 9.59 Å². The van der Waals surface area contributed by atoms with E-state index >= 15 is 0 Å². The van der Waals surface area contributed by atoms with E-state index in [1.807, 2.05) is 17.5 Å². The summed E-state index contributed by atoms with van der Waals surface area (Å²) >= 11 is 7.19. The third-order valence-electron chi connectivity index (χ3n) is 3.93. The van der Waals surface area contributed by atoms with Gasteiger partial charge in [0.05, 0.1) is 11.3 Å². The molecule has 0 saturated heterocycles. The van der Waals surface area contributed by atoms with Crippen LogP contribution in [-0.2, 0) is 9.53 Å². The molecule has 0 radical (unpaired) electrons. The van der Waals surface area contributed by atoms with Crippen molar-refractivity contribution in [3.63, 3.8) is 0 Å². The normalized spacial score (nSPS) is 11.6. The van der Waals surface area contributed by atoms with Crippen LogP contribution in [0.5, 0.6) is 0 Å². The molecule has 8 heteroatoms. The number of carbonyl (C=O) groups excluding carboxylic acids is 2. The largest absolute Gasteiger partial charge is 0.449 e. The molecule has 0 fully saturated rings. The fourth-order valence-electron chi connectivity index (χ4n) is 2.41. The van der Waals surface area contributed by atoms with Crippen LogP contribution in [0.15, 0.2) is 53.9 Å². The second-order valence-electron chi connectivity index (χ2n) is 5.96. The van der Waals surface area contributed by atoms with Gasteiger partial charge in [-0.15, -0.1) is 11.3 Å². The number of anilines is 2. The number of thiazole rings is 1. The van der Waals surface area contributed by atoms with Gasteiger partial charge in [0.15, 0.2) is 11.2 Å². The molecule has 1 unspecified atom stereocenters. The van der Waals surface area contributed by atoms with Crippen molar-refractivity contribution >= 4 is 45.6 Å². The Labute approximate surface area is 171 Å². The SMILES string of the molecule is CCC(OC(=O)c1ccc(N)cc1)C(=O)Nc1nc(-c2ccc(Cl)cc2)cs1. The number of hydrogen-bond acceptors (Lipinski definition) is 6. The number of rotatable bonds is 6. The number of halogens is 1. The average Bonchev–Trinajstić information content (AvgIpc) is 3.15. The highest BCUT2D eigenvalue weighted by Crippen LogP contribution is 2.26. The number of hydrogen-bond donors (Lipinski definition) is 2. The standard InChI is InChI=1S/C20H18ClN3O3S/c1-2-17(27-19(26)13-5-9-15(22)10-6-13)18(25)24-20-23-16(11-28-20)12-3-7-14(21)8-4-12/h3-11,17H,2,22H2,1H3,(H,23,24,25). The van der Waals surface area contributed by atoms with Crippen LogP contribution in [0, 0.1) is 0 Å². The van der Waals surface area contributed by atoms with Crippen LogP contribution >= 0.6 is 22.9 Å². The third-order valence-corrected chi connectivity index (χ3v) is 4.94. The summed E-state index contributed by atoms with van der Waals surface area (Å²) in [6.45, 7) is 1.77. The van der Waals surface area contributed by atoms with Gasteiger partial charge in [-0.2, -0.15) is 0 Å². The predicted molar refractivity (Wildman–Crippen MR) is 112 cm³/mol. The Kier molecular flexibility index (Phi) is 6.28. The molecule has 1 atom stereocenters. The molecule has 28 heavy (non-hydrogen) atoms. The Morgan fingerprint density at radius 1 is 1.18 bits per heavy atom. The van der Waals surface area contributed by atoms with Gasteiger partial charge in [0.2, 0.25) is 0 Å². The highest BCUT2D eigenvalue weighted by molar-refractivity contribution is 7.14. The van der Waals surface area contributed by atoms with Crippen molar-refractivity contribution in [2.45, 2.75) is 19.4 Å². The zero-order valence-electron chi connectivity index (χ0n) is 15.0. The van der Waals surface area contributed by atoms with Gasteiger partial charge in [-0.3, -0.25) is 10.1 Å². The number of ether oxygens (including phenoxy) is 1. The first-order valence-electron chi connectivity index (χ1n) is 8.55. The first kappa shape index (κ1) is 19.9. The molecule has 144 valence electrons. The van der Waals surface area contributed by atoms with Crippen molar-refractivity contribution in [1.82, 2.24) is 4.98 Å². The molecule has 0 aliphatic carbocycles. The Balaban J connectivity index is 1.64. The lowest BCUT2D eigenvalue weighted by Crippen LogP contribution is -2.32. The summed E-state index contributed by atoms with van der Waals surface area (Å²) in [5, 5.41) is 5.61. The Morgan fingerprint density at radius 3 is 2.50 bits per heavy atom. The van der Waals surface area contributed by atoms with E-state index in [0.717, 1.165) is 11.3 Å². The molecule has 0 saturated carbocycles. The highest BCUT2D eigenvalue weighted by Gasteiger charge is 2.23. The molecule has 1 amide bonds. The van der Waals surface area contributed by atoms with Crippen LogP contribution in [0.25, 0.3) is 11.3 Å². The number of amides is 1. The van der Waals surface area contributed by atoms with E-state index in [1.54, 1.807) is 43.3 Å². The van der Waals surface area contributed by atoms with Crippen LogP contribution in [0.3, 0.4) is 0 Å². The van der Waals surface area contributed by atoms with Gasteiger partial charge >= 0.3 is 5.97 Å². The third kappa shape index (κ3) is 4.88. The summed E-state index contributed by atoms with van der Waals surface area (Å²) < 4.78 is 5.33. The first-order chi connectivity index (χ1) is 13.5. The highest BCUT2D eigenvalue weighted by atomic mass is 35.5. The minimum Gasteiger partial charge on any atom is -0.449 e. The van der Waals surface area contributed by atoms with E-state index in [4.69, 9.17) is 22.1 Å². The Morgan fingerprint density at radius 2 is 1.86 bits per heavy atom. The molecule has 0 spiro atoms. The zero-order valence-corrected chi connectivity index (χ0v) is 16.6. The van der Waals surface area contributed by atoms with Crippen molar-refractivity contribution in [2.24, 2.45) is 0 Å². The minimum absolute atomic E-state index is 0.333. The fourth-order valence-corrected chi connectivity index (χ4v) is 3.26. The molecule has 0 aliphatic heterocycles. The second kappa shape index (κ2) is 8.86. The Hall–Kier alpha value is -2.90. The van der Waals surface area contributed by atoms with Crippen molar-refractivity contribution in [1.29, 1.82) is 0 Å². The molecule has 6 nitrogen and oxygen atoms in total. The maximum atomic E-state index is 12.5. The van der Waals surface area contributed by atoms with E-state index in [0.29, 0.717) is 27.8 Å². The summed E-state index contributed by atoms with van der Waals surface area (Å²) in [5.41, 5.74) is 8.10. The number of benzene rings is 2. The van der Waals surface area contributed by atoms with Crippen molar-refractivity contribution in [3.05, 3.63) is 64.5 Å². The zero-order chi connectivity index (χ0) is 20.1. The van der Waals surface area contributed by atoms with Crippen LogP contribution in [0.1, 0.15) is 23.7 Å². The molecule has 3 N–H and O–H groups in total. The molecular formula is C20H18ClN3O3S. The summed E-state index contributed by atoms with van der Waals surface area (Å²) in [6, 6.07) is 13.6. The molecule has 3 aromatic rings.